The Morgan fingerprint density at radius 3 is 2.82 bits per heavy atom. The normalized spacial score (nSPS) is 26.1. The van der Waals surface area contributed by atoms with Crippen molar-refractivity contribution in [2.24, 2.45) is 5.41 Å². The van der Waals surface area contributed by atoms with Crippen LogP contribution in [0.15, 0.2) is 18.2 Å². The maximum atomic E-state index is 13.3. The zero-order chi connectivity index (χ0) is 22.8. The SMILES string of the molecule is COc1ccc2[nH]nc(C(=O)NC3CCCCC34CCN(C(=O)CN3CCCCC3)C4)c2c1. The molecule has 0 radical (unpaired) electrons. The second-order valence-corrected chi connectivity index (χ2v) is 10.0. The van der Waals surface area contributed by atoms with E-state index in [-0.39, 0.29) is 23.3 Å². The molecule has 1 aromatic heterocycles. The van der Waals surface area contributed by atoms with Gasteiger partial charge < -0.3 is 15.0 Å². The molecule has 2 aliphatic heterocycles. The lowest BCUT2D eigenvalue weighted by atomic mass is 9.69. The highest BCUT2D eigenvalue weighted by atomic mass is 16.5. The van der Waals surface area contributed by atoms with E-state index < -0.39 is 0 Å². The van der Waals surface area contributed by atoms with Crippen LogP contribution in [0, 0.1) is 5.41 Å². The molecule has 1 spiro atoms. The Morgan fingerprint density at radius 1 is 1.15 bits per heavy atom. The van der Waals surface area contributed by atoms with E-state index in [1.807, 2.05) is 23.1 Å². The molecule has 1 aromatic carbocycles. The number of amides is 2. The van der Waals surface area contributed by atoms with Gasteiger partial charge in [-0.2, -0.15) is 5.10 Å². The first-order valence-electron chi connectivity index (χ1n) is 12.4. The van der Waals surface area contributed by atoms with Gasteiger partial charge in [0.1, 0.15) is 5.75 Å². The number of nitrogens with zero attached hydrogens (tertiary/aromatic N) is 3. The molecule has 8 heteroatoms. The number of aromatic nitrogens is 2. The molecule has 3 aliphatic rings. The summed E-state index contributed by atoms with van der Waals surface area (Å²) in [5.74, 6) is 0.791. The van der Waals surface area contributed by atoms with Gasteiger partial charge in [0.15, 0.2) is 5.69 Å². The number of likely N-dealkylation sites (tertiary alicyclic amines) is 2. The zero-order valence-electron chi connectivity index (χ0n) is 19.6. The van der Waals surface area contributed by atoms with Gasteiger partial charge in [-0.1, -0.05) is 19.3 Å². The number of rotatable bonds is 5. The minimum atomic E-state index is -0.154. The summed E-state index contributed by atoms with van der Waals surface area (Å²) in [5.41, 5.74) is 1.19. The highest BCUT2D eigenvalue weighted by Gasteiger charge is 2.47. The van der Waals surface area contributed by atoms with Crippen molar-refractivity contribution in [1.82, 2.24) is 25.3 Å². The van der Waals surface area contributed by atoms with E-state index in [1.54, 1.807) is 7.11 Å². The number of carbonyl (C=O) groups is 2. The van der Waals surface area contributed by atoms with Gasteiger partial charge in [-0.25, -0.2) is 0 Å². The fraction of sp³-hybridized carbons (Fsp3) is 0.640. The molecule has 2 saturated heterocycles. The van der Waals surface area contributed by atoms with E-state index in [4.69, 9.17) is 4.74 Å². The van der Waals surface area contributed by atoms with E-state index in [9.17, 15) is 9.59 Å². The number of hydrogen-bond acceptors (Lipinski definition) is 5. The first kappa shape index (κ1) is 22.2. The zero-order valence-corrected chi connectivity index (χ0v) is 19.6. The lowest BCUT2D eigenvalue weighted by Crippen LogP contribution is -2.52. The standard InChI is InChI=1S/C25H35N5O3/c1-33-18-8-9-20-19(15-18)23(28-27-20)24(32)26-21-7-3-4-10-25(21)11-14-30(17-25)22(31)16-29-12-5-2-6-13-29/h8-9,15,21H,2-7,10-14,16-17H2,1H3,(H,26,32)(H,27,28). The van der Waals surface area contributed by atoms with Crippen molar-refractivity contribution in [3.8, 4) is 5.75 Å². The van der Waals surface area contributed by atoms with Crippen LogP contribution < -0.4 is 10.1 Å². The van der Waals surface area contributed by atoms with Gasteiger partial charge in [0.25, 0.3) is 5.91 Å². The summed E-state index contributed by atoms with van der Waals surface area (Å²) in [6, 6.07) is 5.64. The molecule has 8 nitrogen and oxygen atoms in total. The number of ether oxygens (including phenoxy) is 1. The van der Waals surface area contributed by atoms with E-state index in [0.717, 1.165) is 69.2 Å². The van der Waals surface area contributed by atoms with Crippen molar-refractivity contribution >= 4 is 22.7 Å². The first-order valence-corrected chi connectivity index (χ1v) is 12.4. The van der Waals surface area contributed by atoms with E-state index in [0.29, 0.717) is 18.0 Å². The molecule has 2 amide bonds. The third-order valence-electron chi connectivity index (χ3n) is 7.99. The number of hydrogen-bond donors (Lipinski definition) is 2. The summed E-state index contributed by atoms with van der Waals surface area (Å²) < 4.78 is 5.33. The predicted octanol–water partition coefficient (Wildman–Crippen LogP) is 2.95. The van der Waals surface area contributed by atoms with E-state index in [1.165, 1.54) is 19.3 Å². The fourth-order valence-electron chi connectivity index (χ4n) is 6.06. The lowest BCUT2D eigenvalue weighted by molar-refractivity contribution is -0.132. The number of piperidine rings is 1. The predicted molar refractivity (Wildman–Crippen MR) is 126 cm³/mol. The van der Waals surface area contributed by atoms with Crippen LogP contribution in [0.3, 0.4) is 0 Å². The summed E-state index contributed by atoms with van der Waals surface area (Å²) in [4.78, 5) is 30.7. The number of carbonyl (C=O) groups excluding carboxylic acids is 2. The van der Waals surface area contributed by atoms with E-state index in [2.05, 4.69) is 20.4 Å². The molecule has 1 saturated carbocycles. The van der Waals surface area contributed by atoms with Crippen LogP contribution in [0.2, 0.25) is 0 Å². The van der Waals surface area contributed by atoms with Crippen LogP contribution in [-0.2, 0) is 4.79 Å². The second-order valence-electron chi connectivity index (χ2n) is 10.0. The number of H-pyrrole nitrogens is 1. The highest BCUT2D eigenvalue weighted by Crippen LogP contribution is 2.44. The molecule has 5 rings (SSSR count). The summed E-state index contributed by atoms with van der Waals surface area (Å²) in [5, 5.41) is 11.3. The Labute approximate surface area is 195 Å². The molecule has 2 aromatic rings. The molecular weight excluding hydrogens is 418 g/mol. The number of aromatic amines is 1. The topological polar surface area (TPSA) is 90.6 Å². The van der Waals surface area contributed by atoms with Crippen LogP contribution in [0.25, 0.3) is 10.9 Å². The molecule has 2 N–H and O–H groups in total. The summed E-state index contributed by atoms with van der Waals surface area (Å²) in [6.07, 6.45) is 8.88. The molecular formula is C25H35N5O3. The van der Waals surface area contributed by atoms with Crippen molar-refractivity contribution in [2.45, 2.75) is 57.4 Å². The molecule has 0 bridgehead atoms. The molecule has 3 fully saturated rings. The van der Waals surface area contributed by atoms with Gasteiger partial charge >= 0.3 is 0 Å². The van der Waals surface area contributed by atoms with Gasteiger partial charge in [-0.3, -0.25) is 19.6 Å². The minimum Gasteiger partial charge on any atom is -0.497 e. The Kier molecular flexibility index (Phi) is 6.27. The van der Waals surface area contributed by atoms with Gasteiger partial charge in [0.2, 0.25) is 5.91 Å². The van der Waals surface area contributed by atoms with Crippen LogP contribution in [-0.4, -0.2) is 77.7 Å². The van der Waals surface area contributed by atoms with Crippen molar-refractivity contribution in [2.75, 3.05) is 39.8 Å². The molecule has 3 heterocycles. The average Bonchev–Trinajstić information content (AvgIpc) is 3.46. The Balaban J connectivity index is 1.28. The monoisotopic (exact) mass is 453 g/mol. The number of methoxy groups -OCH3 is 1. The first-order chi connectivity index (χ1) is 16.1. The Bertz CT molecular complexity index is 1010. The highest BCUT2D eigenvalue weighted by molar-refractivity contribution is 6.05. The van der Waals surface area contributed by atoms with Crippen LogP contribution in [0.4, 0.5) is 0 Å². The van der Waals surface area contributed by atoms with Crippen LogP contribution in [0.5, 0.6) is 5.75 Å². The van der Waals surface area contributed by atoms with Crippen molar-refractivity contribution in [1.29, 1.82) is 0 Å². The molecule has 1 aliphatic carbocycles. The summed E-state index contributed by atoms with van der Waals surface area (Å²) in [6.45, 7) is 4.15. The lowest BCUT2D eigenvalue weighted by Gasteiger charge is -2.41. The quantitative estimate of drug-likeness (QED) is 0.727. The number of nitrogens with one attached hydrogen (secondary N) is 2. The second kappa shape index (κ2) is 9.33. The van der Waals surface area contributed by atoms with Gasteiger partial charge in [0.05, 0.1) is 19.2 Å². The smallest absolute Gasteiger partial charge is 0.272 e. The largest absolute Gasteiger partial charge is 0.497 e. The van der Waals surface area contributed by atoms with Crippen LogP contribution >= 0.6 is 0 Å². The van der Waals surface area contributed by atoms with Gasteiger partial charge in [0, 0.05) is 29.9 Å². The van der Waals surface area contributed by atoms with E-state index >= 15 is 0 Å². The fourth-order valence-corrected chi connectivity index (χ4v) is 6.06. The van der Waals surface area contributed by atoms with Gasteiger partial charge in [-0.05, 0) is 63.4 Å². The Hall–Kier alpha value is -2.61. The maximum Gasteiger partial charge on any atom is 0.272 e. The summed E-state index contributed by atoms with van der Waals surface area (Å²) >= 11 is 0. The Morgan fingerprint density at radius 2 is 2.00 bits per heavy atom. The third-order valence-corrected chi connectivity index (χ3v) is 7.99. The minimum absolute atomic E-state index is 0.0325. The average molecular weight is 454 g/mol. The van der Waals surface area contributed by atoms with Crippen molar-refractivity contribution in [3.63, 3.8) is 0 Å². The molecule has 2 unspecified atom stereocenters. The molecule has 2 atom stereocenters. The summed E-state index contributed by atoms with van der Waals surface area (Å²) in [7, 11) is 1.62. The molecule has 33 heavy (non-hydrogen) atoms. The number of fused-ring (bicyclic) bond motifs is 1. The van der Waals surface area contributed by atoms with Crippen molar-refractivity contribution in [3.05, 3.63) is 23.9 Å². The number of benzene rings is 1. The third kappa shape index (κ3) is 4.45. The van der Waals surface area contributed by atoms with Crippen LogP contribution in [0.1, 0.15) is 61.9 Å². The maximum absolute atomic E-state index is 13.3. The van der Waals surface area contributed by atoms with Crippen molar-refractivity contribution < 1.29 is 14.3 Å². The molecule has 178 valence electrons. The van der Waals surface area contributed by atoms with Gasteiger partial charge in [-0.15, -0.1) is 0 Å².